The van der Waals surface area contributed by atoms with Gasteiger partial charge in [-0.1, -0.05) is 13.8 Å². The zero-order chi connectivity index (χ0) is 16.7. The highest BCUT2D eigenvalue weighted by Crippen LogP contribution is 2.17. The lowest BCUT2D eigenvalue weighted by Crippen LogP contribution is -2.27. The lowest BCUT2D eigenvalue weighted by Gasteiger charge is -2.10. The fourth-order valence-corrected chi connectivity index (χ4v) is 1.58. The molecule has 0 aromatic heterocycles. The summed E-state index contributed by atoms with van der Waals surface area (Å²) in [4.78, 5) is 23.4. The van der Waals surface area contributed by atoms with E-state index in [4.69, 9.17) is 9.47 Å². The summed E-state index contributed by atoms with van der Waals surface area (Å²) < 4.78 is 37.3. The van der Waals surface area contributed by atoms with Crippen molar-refractivity contribution < 1.29 is 27.8 Å². The molecule has 0 saturated heterocycles. The monoisotopic (exact) mass is 315 g/mol. The van der Waals surface area contributed by atoms with E-state index in [2.05, 4.69) is 5.32 Å². The van der Waals surface area contributed by atoms with E-state index in [0.29, 0.717) is 0 Å². The maximum Gasteiger partial charge on any atom is 0.344 e. The van der Waals surface area contributed by atoms with Gasteiger partial charge in [0.1, 0.15) is 17.2 Å². The van der Waals surface area contributed by atoms with E-state index in [1.165, 1.54) is 7.11 Å². The predicted octanol–water partition coefficient (Wildman–Crippen LogP) is 2.15. The summed E-state index contributed by atoms with van der Waals surface area (Å²) in [5.74, 6) is -3.97. The molecule has 0 heterocycles. The summed E-state index contributed by atoms with van der Waals surface area (Å²) in [5, 5.41) is 2.43. The average molecular weight is 315 g/mol. The van der Waals surface area contributed by atoms with Crippen molar-refractivity contribution in [2.45, 2.75) is 13.8 Å². The molecule has 0 aliphatic heterocycles. The lowest BCUT2D eigenvalue weighted by molar-refractivity contribution is 0.0447. The Balaban J connectivity index is 2.87. The van der Waals surface area contributed by atoms with Crippen LogP contribution in [0.3, 0.4) is 0 Å². The number of rotatable bonds is 7. The first-order chi connectivity index (χ1) is 10.4. The van der Waals surface area contributed by atoms with Gasteiger partial charge in [-0.3, -0.25) is 4.79 Å². The van der Waals surface area contributed by atoms with Crippen molar-refractivity contribution in [1.82, 2.24) is 5.32 Å². The standard InChI is InChI=1S/C15H19F2NO4/c1-9(2)8-22-15(20)13-11(16)6-10(7-12(13)17)14(19)18-4-5-21-3/h6-7,9H,4-5,8H2,1-3H3,(H,18,19). The number of halogens is 2. The van der Waals surface area contributed by atoms with Crippen LogP contribution in [0.1, 0.15) is 34.6 Å². The van der Waals surface area contributed by atoms with Crippen molar-refractivity contribution in [3.8, 4) is 0 Å². The van der Waals surface area contributed by atoms with Gasteiger partial charge in [0.2, 0.25) is 0 Å². The van der Waals surface area contributed by atoms with Crippen molar-refractivity contribution >= 4 is 11.9 Å². The highest BCUT2D eigenvalue weighted by molar-refractivity contribution is 5.96. The number of hydrogen-bond acceptors (Lipinski definition) is 4. The van der Waals surface area contributed by atoms with Crippen molar-refractivity contribution in [2.75, 3.05) is 26.9 Å². The van der Waals surface area contributed by atoms with Gasteiger partial charge < -0.3 is 14.8 Å². The number of ether oxygens (including phenoxy) is 2. The third kappa shape index (κ3) is 5.07. The van der Waals surface area contributed by atoms with Crippen molar-refractivity contribution in [1.29, 1.82) is 0 Å². The SMILES string of the molecule is COCCNC(=O)c1cc(F)c(C(=O)OCC(C)C)c(F)c1. The number of nitrogens with one attached hydrogen (secondary N) is 1. The molecule has 1 aromatic carbocycles. The highest BCUT2D eigenvalue weighted by atomic mass is 19.1. The van der Waals surface area contributed by atoms with E-state index >= 15 is 0 Å². The van der Waals surface area contributed by atoms with Gasteiger partial charge in [-0.2, -0.15) is 0 Å². The summed E-state index contributed by atoms with van der Waals surface area (Å²) in [6.45, 7) is 4.13. The Kier molecular flexibility index (Phi) is 6.91. The predicted molar refractivity (Wildman–Crippen MR) is 75.7 cm³/mol. The quantitative estimate of drug-likeness (QED) is 0.618. The summed E-state index contributed by atoms with van der Waals surface area (Å²) >= 11 is 0. The first-order valence-electron chi connectivity index (χ1n) is 6.80. The molecule has 0 radical (unpaired) electrons. The molecule has 0 unspecified atom stereocenters. The molecule has 0 saturated carbocycles. The molecule has 0 aliphatic rings. The minimum atomic E-state index is -1.13. The van der Waals surface area contributed by atoms with Gasteiger partial charge in [0.15, 0.2) is 0 Å². The average Bonchev–Trinajstić information content (AvgIpc) is 2.44. The molecule has 7 heteroatoms. The number of carbonyl (C=O) groups is 2. The summed E-state index contributed by atoms with van der Waals surface area (Å²) in [6, 6.07) is 1.61. The first kappa shape index (κ1) is 18.0. The maximum absolute atomic E-state index is 13.9. The smallest absolute Gasteiger partial charge is 0.344 e. The van der Waals surface area contributed by atoms with Gasteiger partial charge in [0.25, 0.3) is 5.91 Å². The van der Waals surface area contributed by atoms with Crippen LogP contribution in [0.15, 0.2) is 12.1 Å². The zero-order valence-corrected chi connectivity index (χ0v) is 12.7. The minimum absolute atomic E-state index is 0.0425. The van der Waals surface area contributed by atoms with E-state index in [9.17, 15) is 18.4 Å². The van der Waals surface area contributed by atoms with Crippen molar-refractivity contribution in [3.05, 3.63) is 34.9 Å². The molecular weight excluding hydrogens is 296 g/mol. The number of carbonyl (C=O) groups excluding carboxylic acids is 2. The Morgan fingerprint density at radius 3 is 2.32 bits per heavy atom. The van der Waals surface area contributed by atoms with E-state index in [0.717, 1.165) is 12.1 Å². The van der Waals surface area contributed by atoms with Crippen LogP contribution >= 0.6 is 0 Å². The maximum atomic E-state index is 13.9. The van der Waals surface area contributed by atoms with Gasteiger partial charge in [-0.15, -0.1) is 0 Å². The van der Waals surface area contributed by atoms with Crippen molar-refractivity contribution in [3.63, 3.8) is 0 Å². The van der Waals surface area contributed by atoms with E-state index < -0.39 is 29.1 Å². The normalized spacial score (nSPS) is 10.6. The van der Waals surface area contributed by atoms with Gasteiger partial charge in [0.05, 0.1) is 13.2 Å². The highest BCUT2D eigenvalue weighted by Gasteiger charge is 2.22. The topological polar surface area (TPSA) is 64.6 Å². The Morgan fingerprint density at radius 1 is 1.23 bits per heavy atom. The molecule has 1 aromatic rings. The van der Waals surface area contributed by atoms with Crippen LogP contribution < -0.4 is 5.32 Å². The van der Waals surface area contributed by atoms with Crippen LogP contribution in [0.25, 0.3) is 0 Å². The fraction of sp³-hybridized carbons (Fsp3) is 0.467. The number of amides is 1. The van der Waals surface area contributed by atoms with Gasteiger partial charge in [-0.25, -0.2) is 13.6 Å². The summed E-state index contributed by atoms with van der Waals surface area (Å²) in [6.07, 6.45) is 0. The molecule has 0 spiro atoms. The Hall–Kier alpha value is -2.02. The third-order valence-corrected chi connectivity index (χ3v) is 2.65. The molecule has 0 atom stereocenters. The second-order valence-corrected chi connectivity index (χ2v) is 5.06. The molecular formula is C15H19F2NO4. The second kappa shape index (κ2) is 8.43. The van der Waals surface area contributed by atoms with Crippen LogP contribution in [0.2, 0.25) is 0 Å². The lowest BCUT2D eigenvalue weighted by atomic mass is 10.1. The summed E-state index contributed by atoms with van der Waals surface area (Å²) in [7, 11) is 1.46. The largest absolute Gasteiger partial charge is 0.462 e. The molecule has 1 N–H and O–H groups in total. The van der Waals surface area contributed by atoms with E-state index in [-0.39, 0.29) is 31.2 Å². The molecule has 1 rings (SSSR count). The minimum Gasteiger partial charge on any atom is -0.462 e. The number of hydrogen-bond donors (Lipinski definition) is 1. The molecule has 0 aliphatic carbocycles. The van der Waals surface area contributed by atoms with Gasteiger partial charge in [0, 0.05) is 19.2 Å². The van der Waals surface area contributed by atoms with E-state index in [1.807, 2.05) is 0 Å². The van der Waals surface area contributed by atoms with Crippen molar-refractivity contribution in [2.24, 2.45) is 5.92 Å². The van der Waals surface area contributed by atoms with Gasteiger partial charge >= 0.3 is 5.97 Å². The van der Waals surface area contributed by atoms with Crippen LogP contribution in [-0.4, -0.2) is 38.7 Å². The molecule has 0 fully saturated rings. The zero-order valence-electron chi connectivity index (χ0n) is 12.7. The molecule has 122 valence electrons. The number of benzene rings is 1. The van der Waals surface area contributed by atoms with Crippen LogP contribution in [0, 0.1) is 17.6 Å². The number of methoxy groups -OCH3 is 1. The number of esters is 1. The van der Waals surface area contributed by atoms with Crippen LogP contribution in [-0.2, 0) is 9.47 Å². The fourth-order valence-electron chi connectivity index (χ4n) is 1.58. The Morgan fingerprint density at radius 2 is 1.82 bits per heavy atom. The van der Waals surface area contributed by atoms with Crippen LogP contribution in [0.5, 0.6) is 0 Å². The van der Waals surface area contributed by atoms with Gasteiger partial charge in [-0.05, 0) is 18.1 Å². The molecule has 22 heavy (non-hydrogen) atoms. The Bertz CT molecular complexity index is 523. The molecule has 0 bridgehead atoms. The summed E-state index contributed by atoms with van der Waals surface area (Å²) in [5.41, 5.74) is -1.01. The third-order valence-electron chi connectivity index (χ3n) is 2.65. The first-order valence-corrected chi connectivity index (χ1v) is 6.80. The Labute approximate surface area is 127 Å². The molecule has 1 amide bonds. The van der Waals surface area contributed by atoms with E-state index in [1.54, 1.807) is 13.8 Å². The molecule has 5 nitrogen and oxygen atoms in total. The van der Waals surface area contributed by atoms with Crippen LogP contribution in [0.4, 0.5) is 8.78 Å². The second-order valence-electron chi connectivity index (χ2n) is 5.06.